The molecule has 178 valence electrons. The number of nitrogens with zero attached hydrogens (tertiary/aromatic N) is 5. The minimum Gasteiger partial charge on any atom is -0.396 e. The number of tetrazole rings is 1. The van der Waals surface area contributed by atoms with Crippen LogP contribution in [0.5, 0.6) is 0 Å². The quantitative estimate of drug-likeness (QED) is 0.373. The minimum absolute atomic E-state index is 0.0424. The van der Waals surface area contributed by atoms with Gasteiger partial charge in [-0.3, -0.25) is 9.69 Å². The van der Waals surface area contributed by atoms with E-state index in [1.807, 2.05) is 38.1 Å². The number of hydrogen-bond donors (Lipinski definition) is 2. The van der Waals surface area contributed by atoms with E-state index in [1.165, 1.54) is 12.1 Å². The van der Waals surface area contributed by atoms with E-state index < -0.39 is 0 Å². The molecule has 0 saturated carbocycles. The maximum Gasteiger partial charge on any atom is 0.252 e. The van der Waals surface area contributed by atoms with Crippen LogP contribution in [0.1, 0.15) is 48.3 Å². The monoisotopic (exact) mass is 464 g/mol. The van der Waals surface area contributed by atoms with Crippen LogP contribution in [0.25, 0.3) is 10.9 Å². The molecule has 2 aromatic carbocycles. The zero-order chi connectivity index (χ0) is 24.1. The highest BCUT2D eigenvalue weighted by Gasteiger charge is 2.25. The number of rotatable bonds is 10. The molecule has 0 spiro atoms. The number of aromatic nitrogens is 5. The van der Waals surface area contributed by atoms with Gasteiger partial charge >= 0.3 is 0 Å². The third-order valence-electron chi connectivity index (χ3n) is 6.07. The average Bonchev–Trinajstić information content (AvgIpc) is 3.28. The van der Waals surface area contributed by atoms with Crippen LogP contribution in [0.3, 0.4) is 0 Å². The second-order valence-corrected chi connectivity index (χ2v) is 8.46. The molecule has 2 N–H and O–H groups in total. The number of halogens is 1. The summed E-state index contributed by atoms with van der Waals surface area (Å²) >= 11 is 0. The molecule has 0 unspecified atom stereocenters. The molecule has 2 heterocycles. The lowest BCUT2D eigenvalue weighted by molar-refractivity contribution is 0.152. The lowest BCUT2D eigenvalue weighted by Crippen LogP contribution is -2.34. The number of aliphatic hydroxyl groups is 1. The molecule has 8 nitrogen and oxygen atoms in total. The summed E-state index contributed by atoms with van der Waals surface area (Å²) < 4.78 is 15.0. The van der Waals surface area contributed by atoms with Crippen molar-refractivity contribution in [3.8, 4) is 0 Å². The first kappa shape index (κ1) is 23.7. The van der Waals surface area contributed by atoms with Crippen LogP contribution in [0.2, 0.25) is 0 Å². The highest BCUT2D eigenvalue weighted by atomic mass is 19.1. The second kappa shape index (κ2) is 10.7. The Balaban J connectivity index is 1.65. The fraction of sp³-hybridized carbons (Fsp3) is 0.360. The predicted octanol–water partition coefficient (Wildman–Crippen LogP) is 3.35. The van der Waals surface area contributed by atoms with Crippen LogP contribution in [0.4, 0.5) is 4.39 Å². The number of H-pyrrole nitrogens is 1. The molecule has 34 heavy (non-hydrogen) atoms. The second-order valence-electron chi connectivity index (χ2n) is 8.46. The Bertz CT molecular complexity index is 1300. The fourth-order valence-electron chi connectivity index (χ4n) is 4.31. The van der Waals surface area contributed by atoms with Gasteiger partial charge in [0.1, 0.15) is 5.82 Å². The largest absolute Gasteiger partial charge is 0.396 e. The molecule has 2 aromatic heterocycles. The Kier molecular flexibility index (Phi) is 7.44. The van der Waals surface area contributed by atoms with Gasteiger partial charge in [-0.25, -0.2) is 9.07 Å². The van der Waals surface area contributed by atoms with Gasteiger partial charge in [-0.2, -0.15) is 0 Å². The van der Waals surface area contributed by atoms with E-state index >= 15 is 0 Å². The molecule has 4 aromatic rings. The number of hydrogen-bond acceptors (Lipinski definition) is 6. The maximum absolute atomic E-state index is 13.3. The van der Waals surface area contributed by atoms with Gasteiger partial charge in [0, 0.05) is 25.3 Å². The Morgan fingerprint density at radius 1 is 1.21 bits per heavy atom. The fourth-order valence-corrected chi connectivity index (χ4v) is 4.31. The summed E-state index contributed by atoms with van der Waals surface area (Å²) in [5.41, 5.74) is 3.26. The van der Waals surface area contributed by atoms with Gasteiger partial charge in [0.25, 0.3) is 5.56 Å². The van der Waals surface area contributed by atoms with Crippen LogP contribution in [0, 0.1) is 12.7 Å². The van der Waals surface area contributed by atoms with E-state index in [0.717, 1.165) is 22.0 Å². The van der Waals surface area contributed by atoms with Gasteiger partial charge in [0.15, 0.2) is 5.82 Å². The van der Waals surface area contributed by atoms with E-state index in [1.54, 1.807) is 16.8 Å². The summed E-state index contributed by atoms with van der Waals surface area (Å²) in [6.45, 7) is 5.43. The first-order valence-corrected chi connectivity index (χ1v) is 11.5. The van der Waals surface area contributed by atoms with E-state index in [9.17, 15) is 14.3 Å². The minimum atomic E-state index is -0.293. The summed E-state index contributed by atoms with van der Waals surface area (Å²) in [7, 11) is 0. The summed E-state index contributed by atoms with van der Waals surface area (Å²) in [5.74, 6) is 0.371. The van der Waals surface area contributed by atoms with Gasteiger partial charge in [-0.05, 0) is 64.9 Å². The van der Waals surface area contributed by atoms with Gasteiger partial charge in [-0.1, -0.05) is 37.3 Å². The Morgan fingerprint density at radius 3 is 2.74 bits per heavy atom. The van der Waals surface area contributed by atoms with Crippen molar-refractivity contribution in [1.29, 1.82) is 0 Å². The van der Waals surface area contributed by atoms with Gasteiger partial charge in [0.05, 0.1) is 18.1 Å². The van der Waals surface area contributed by atoms with Crippen LogP contribution < -0.4 is 5.56 Å². The van der Waals surface area contributed by atoms with Crippen LogP contribution in [-0.4, -0.2) is 48.3 Å². The van der Waals surface area contributed by atoms with Crippen molar-refractivity contribution in [3.05, 3.63) is 87.2 Å². The van der Waals surface area contributed by atoms with Crippen molar-refractivity contribution in [3.63, 3.8) is 0 Å². The Hall–Kier alpha value is -3.43. The molecule has 0 bridgehead atoms. The first-order valence-electron chi connectivity index (χ1n) is 11.5. The lowest BCUT2D eigenvalue weighted by atomic mass is 10.1. The maximum atomic E-state index is 13.3. The van der Waals surface area contributed by atoms with Crippen molar-refractivity contribution >= 4 is 10.9 Å². The molecule has 0 amide bonds. The molecule has 0 saturated heterocycles. The van der Waals surface area contributed by atoms with Crippen molar-refractivity contribution in [2.24, 2.45) is 0 Å². The third kappa shape index (κ3) is 5.21. The van der Waals surface area contributed by atoms with Crippen molar-refractivity contribution in [2.45, 2.75) is 45.8 Å². The number of para-hydroxylation sites is 1. The molecule has 4 rings (SSSR count). The molecular weight excluding hydrogens is 435 g/mol. The molecule has 0 fully saturated rings. The van der Waals surface area contributed by atoms with Gasteiger partial charge < -0.3 is 10.1 Å². The van der Waals surface area contributed by atoms with Crippen LogP contribution in [0.15, 0.2) is 53.3 Å². The van der Waals surface area contributed by atoms with Crippen LogP contribution >= 0.6 is 0 Å². The zero-order valence-electron chi connectivity index (χ0n) is 19.4. The molecule has 0 aliphatic carbocycles. The Morgan fingerprint density at radius 2 is 2.00 bits per heavy atom. The highest BCUT2D eigenvalue weighted by Crippen LogP contribution is 2.25. The van der Waals surface area contributed by atoms with E-state index in [2.05, 4.69) is 25.4 Å². The van der Waals surface area contributed by atoms with E-state index in [0.29, 0.717) is 43.9 Å². The molecular formula is C25H29FN6O2. The predicted molar refractivity (Wildman–Crippen MR) is 128 cm³/mol. The standard InChI is InChI=1S/C25H29FN6O2/c1-3-22(24-28-29-30-32(24)15-18-8-10-21(26)11-9-18)31(12-5-13-33)16-20-14-19-7-4-6-17(2)23(19)27-25(20)34/h4,6-11,14,22,33H,3,5,12-13,15-16H2,1-2H3,(H,27,34)/t22-/m0/s1. The van der Waals surface area contributed by atoms with E-state index in [-0.39, 0.29) is 24.0 Å². The summed E-state index contributed by atoms with van der Waals surface area (Å²) in [6.07, 6.45) is 1.26. The SMILES string of the molecule is CC[C@@H](c1nnnn1Cc1ccc(F)cc1)N(CCCO)Cc1cc2cccc(C)c2[nH]c1=O. The van der Waals surface area contributed by atoms with Crippen LogP contribution in [-0.2, 0) is 13.1 Å². The first-order chi connectivity index (χ1) is 16.5. The van der Waals surface area contributed by atoms with Crippen molar-refractivity contribution in [1.82, 2.24) is 30.1 Å². The summed E-state index contributed by atoms with van der Waals surface area (Å²) in [4.78, 5) is 18.1. The number of fused-ring (bicyclic) bond motifs is 1. The smallest absolute Gasteiger partial charge is 0.252 e. The summed E-state index contributed by atoms with van der Waals surface area (Å²) in [5, 5.41) is 22.8. The summed E-state index contributed by atoms with van der Waals surface area (Å²) in [6, 6.07) is 13.9. The van der Waals surface area contributed by atoms with Crippen molar-refractivity contribution < 1.29 is 9.50 Å². The highest BCUT2D eigenvalue weighted by molar-refractivity contribution is 5.81. The third-order valence-corrected chi connectivity index (χ3v) is 6.07. The van der Waals surface area contributed by atoms with Crippen molar-refractivity contribution in [2.75, 3.05) is 13.2 Å². The average molecular weight is 465 g/mol. The Labute approximate surface area is 197 Å². The molecule has 0 aliphatic rings. The molecule has 0 radical (unpaired) electrons. The normalized spacial score (nSPS) is 12.5. The number of benzene rings is 2. The molecule has 0 aliphatic heterocycles. The number of aromatic amines is 1. The van der Waals surface area contributed by atoms with Gasteiger partial charge in [0.2, 0.25) is 0 Å². The number of pyridine rings is 1. The lowest BCUT2D eigenvalue weighted by Gasteiger charge is -2.30. The number of aryl methyl sites for hydroxylation is 1. The van der Waals surface area contributed by atoms with E-state index in [4.69, 9.17) is 0 Å². The number of nitrogens with one attached hydrogen (secondary N) is 1. The number of aliphatic hydroxyl groups excluding tert-OH is 1. The van der Waals surface area contributed by atoms with Gasteiger partial charge in [-0.15, -0.1) is 5.10 Å². The molecule has 9 heteroatoms. The zero-order valence-corrected chi connectivity index (χ0v) is 19.4. The molecule has 1 atom stereocenters. The topological polar surface area (TPSA) is 99.9 Å².